The number of nitrogens with zero attached hydrogens (tertiary/aromatic N) is 1. The molecule has 1 aliphatic heterocycles. The smallest absolute Gasteiger partial charge is 0.329 e. The van der Waals surface area contributed by atoms with Gasteiger partial charge >= 0.3 is 5.97 Å². The van der Waals surface area contributed by atoms with Crippen molar-refractivity contribution >= 4 is 45.1 Å². The molecule has 2 aliphatic rings. The van der Waals surface area contributed by atoms with Crippen LogP contribution in [-0.4, -0.2) is 47.8 Å². The Kier molecular flexibility index (Phi) is 5.72. The van der Waals surface area contributed by atoms with Crippen LogP contribution < -0.4 is 5.32 Å². The molecule has 0 aromatic heterocycles. The molecule has 1 aromatic carbocycles. The van der Waals surface area contributed by atoms with Gasteiger partial charge in [-0.3, -0.25) is 4.79 Å². The summed E-state index contributed by atoms with van der Waals surface area (Å²) in [4.78, 5) is 24.4. The second-order valence-electron chi connectivity index (χ2n) is 6.96. The van der Waals surface area contributed by atoms with Crippen molar-refractivity contribution in [3.63, 3.8) is 0 Å². The minimum absolute atomic E-state index is 0.0893. The molecule has 2 N–H and O–H groups in total. The number of benzene rings is 1. The van der Waals surface area contributed by atoms with E-state index in [4.69, 9.17) is 23.2 Å². The van der Waals surface area contributed by atoms with E-state index in [0.29, 0.717) is 38.5 Å². The van der Waals surface area contributed by atoms with Crippen LogP contribution >= 0.6 is 23.2 Å². The lowest BCUT2D eigenvalue weighted by Gasteiger charge is -2.30. The summed E-state index contributed by atoms with van der Waals surface area (Å²) >= 11 is 11.8. The van der Waals surface area contributed by atoms with Gasteiger partial charge in [0.25, 0.3) is 0 Å². The van der Waals surface area contributed by atoms with Gasteiger partial charge in [0, 0.05) is 16.6 Å². The van der Waals surface area contributed by atoms with E-state index >= 15 is 0 Å². The maximum absolute atomic E-state index is 13.0. The number of aliphatic carboxylic acids is 1. The quantitative estimate of drug-likeness (QED) is 0.740. The van der Waals surface area contributed by atoms with Crippen LogP contribution in [0.1, 0.15) is 38.5 Å². The van der Waals surface area contributed by atoms with Crippen LogP contribution in [0.15, 0.2) is 23.1 Å². The van der Waals surface area contributed by atoms with E-state index in [1.54, 1.807) is 0 Å². The molecule has 1 saturated heterocycles. The molecular weight excluding hydrogens is 415 g/mol. The van der Waals surface area contributed by atoms with Gasteiger partial charge in [0.15, 0.2) is 0 Å². The number of sulfonamides is 1. The van der Waals surface area contributed by atoms with Crippen LogP contribution in [-0.2, 0) is 19.6 Å². The van der Waals surface area contributed by atoms with Gasteiger partial charge in [-0.1, -0.05) is 36.0 Å². The Bertz CT molecular complexity index is 848. The van der Waals surface area contributed by atoms with Gasteiger partial charge in [0.1, 0.15) is 11.6 Å². The van der Waals surface area contributed by atoms with Crippen molar-refractivity contribution in [1.82, 2.24) is 9.62 Å². The highest BCUT2D eigenvalue weighted by molar-refractivity contribution is 7.89. The Labute approximate surface area is 167 Å². The van der Waals surface area contributed by atoms with Crippen molar-refractivity contribution in [1.29, 1.82) is 0 Å². The zero-order valence-electron chi connectivity index (χ0n) is 14.5. The summed E-state index contributed by atoms with van der Waals surface area (Å²) in [5.74, 6) is -1.66. The number of carboxylic acid groups (broad SMARTS) is 1. The number of carboxylic acids is 1. The average molecular weight is 435 g/mol. The maximum atomic E-state index is 13.0. The highest BCUT2D eigenvalue weighted by atomic mass is 35.5. The van der Waals surface area contributed by atoms with E-state index in [9.17, 15) is 23.1 Å². The van der Waals surface area contributed by atoms with Crippen LogP contribution in [0.3, 0.4) is 0 Å². The van der Waals surface area contributed by atoms with Crippen molar-refractivity contribution in [2.75, 3.05) is 6.54 Å². The number of carbonyl (C=O) groups excluding carboxylic acids is 1. The number of hydrogen-bond acceptors (Lipinski definition) is 4. The van der Waals surface area contributed by atoms with Crippen LogP contribution in [0.25, 0.3) is 0 Å². The van der Waals surface area contributed by atoms with Gasteiger partial charge in [-0.25, -0.2) is 13.2 Å². The zero-order chi connectivity index (χ0) is 19.8. The van der Waals surface area contributed by atoms with E-state index < -0.39 is 33.5 Å². The molecule has 1 aliphatic carbocycles. The lowest BCUT2D eigenvalue weighted by Crippen LogP contribution is -2.57. The molecule has 7 nitrogen and oxygen atoms in total. The molecule has 0 radical (unpaired) electrons. The molecule has 1 amide bonds. The summed E-state index contributed by atoms with van der Waals surface area (Å²) in [5.41, 5.74) is -1.31. The molecule has 0 bridgehead atoms. The van der Waals surface area contributed by atoms with Crippen molar-refractivity contribution in [2.45, 2.75) is 55.0 Å². The molecule has 27 heavy (non-hydrogen) atoms. The molecule has 1 saturated carbocycles. The number of hydrogen-bond donors (Lipinski definition) is 2. The number of carbonyl (C=O) groups is 2. The van der Waals surface area contributed by atoms with Crippen LogP contribution in [0, 0.1) is 0 Å². The maximum Gasteiger partial charge on any atom is 0.329 e. The topological polar surface area (TPSA) is 104 Å². The van der Waals surface area contributed by atoms with E-state index in [0.717, 1.165) is 4.31 Å². The third-order valence-electron chi connectivity index (χ3n) is 5.18. The summed E-state index contributed by atoms with van der Waals surface area (Å²) in [6, 6.07) is 3.04. The predicted octanol–water partition coefficient (Wildman–Crippen LogP) is 2.66. The molecule has 3 rings (SSSR count). The first-order valence-electron chi connectivity index (χ1n) is 8.69. The number of nitrogens with one attached hydrogen (secondary N) is 1. The normalized spacial score (nSPS) is 22.7. The van der Waals surface area contributed by atoms with Gasteiger partial charge in [0.2, 0.25) is 15.9 Å². The fourth-order valence-electron chi connectivity index (χ4n) is 3.79. The van der Waals surface area contributed by atoms with Gasteiger partial charge in [0.05, 0.1) is 4.90 Å². The summed E-state index contributed by atoms with van der Waals surface area (Å²) < 4.78 is 27.1. The lowest BCUT2D eigenvalue weighted by molar-refractivity contribution is -0.147. The van der Waals surface area contributed by atoms with Crippen molar-refractivity contribution < 1.29 is 23.1 Å². The first-order chi connectivity index (χ1) is 12.7. The van der Waals surface area contributed by atoms with Gasteiger partial charge in [-0.05, 0) is 43.9 Å². The molecule has 0 unspecified atom stereocenters. The predicted molar refractivity (Wildman–Crippen MR) is 100 cm³/mol. The van der Waals surface area contributed by atoms with Crippen molar-refractivity contribution in [2.24, 2.45) is 0 Å². The van der Waals surface area contributed by atoms with E-state index in [2.05, 4.69) is 5.32 Å². The van der Waals surface area contributed by atoms with Crippen molar-refractivity contribution in [3.05, 3.63) is 28.2 Å². The second kappa shape index (κ2) is 7.58. The highest BCUT2D eigenvalue weighted by Crippen LogP contribution is 2.33. The number of amides is 1. The van der Waals surface area contributed by atoms with Gasteiger partial charge in [-0.15, -0.1) is 0 Å². The van der Waals surface area contributed by atoms with Crippen LogP contribution in [0.4, 0.5) is 0 Å². The third kappa shape index (κ3) is 3.94. The molecular formula is C17H20Cl2N2O5S. The van der Waals surface area contributed by atoms with E-state index in [-0.39, 0.29) is 21.5 Å². The average Bonchev–Trinajstić information content (AvgIpc) is 3.24. The standard InChI is InChI=1S/C17H20Cl2N2O5S/c18-11-8-12(19)10-13(9-11)27(25,26)21-7-3-4-14(21)15(22)20-17(16(23)24)5-1-2-6-17/h8-10,14H,1-7H2,(H,20,22)(H,23,24)/t14-/m0/s1. The SMILES string of the molecule is O=C(NC1(C(=O)O)CCCC1)[C@@H]1CCCN1S(=O)(=O)c1cc(Cl)cc(Cl)c1. The molecule has 1 atom stereocenters. The van der Waals surface area contributed by atoms with Crippen LogP contribution in [0.2, 0.25) is 10.0 Å². The lowest BCUT2D eigenvalue weighted by atomic mass is 9.97. The Morgan fingerprint density at radius 2 is 1.70 bits per heavy atom. The highest BCUT2D eigenvalue weighted by Gasteiger charge is 2.46. The Balaban J connectivity index is 1.86. The van der Waals surface area contributed by atoms with E-state index in [1.807, 2.05) is 0 Å². The summed E-state index contributed by atoms with van der Waals surface area (Å²) in [6.45, 7) is 0.171. The fourth-order valence-corrected chi connectivity index (χ4v) is 6.18. The Morgan fingerprint density at radius 1 is 1.11 bits per heavy atom. The largest absolute Gasteiger partial charge is 0.480 e. The zero-order valence-corrected chi connectivity index (χ0v) is 16.8. The summed E-state index contributed by atoms with van der Waals surface area (Å²) in [6.07, 6.45) is 2.94. The summed E-state index contributed by atoms with van der Waals surface area (Å²) in [7, 11) is -4.00. The number of halogens is 2. The second-order valence-corrected chi connectivity index (χ2v) is 9.73. The first-order valence-corrected chi connectivity index (χ1v) is 10.9. The van der Waals surface area contributed by atoms with Crippen molar-refractivity contribution in [3.8, 4) is 0 Å². The van der Waals surface area contributed by atoms with Crippen LogP contribution in [0.5, 0.6) is 0 Å². The summed E-state index contributed by atoms with van der Waals surface area (Å²) in [5, 5.41) is 12.5. The Hall–Kier alpha value is -1.35. The van der Waals surface area contributed by atoms with E-state index in [1.165, 1.54) is 18.2 Å². The molecule has 10 heteroatoms. The molecule has 0 spiro atoms. The van der Waals surface area contributed by atoms with Gasteiger partial charge < -0.3 is 10.4 Å². The number of rotatable bonds is 5. The first kappa shape index (κ1) is 20.4. The molecule has 1 heterocycles. The molecule has 2 fully saturated rings. The van der Waals surface area contributed by atoms with Gasteiger partial charge in [-0.2, -0.15) is 4.31 Å². The fraction of sp³-hybridized carbons (Fsp3) is 0.529. The minimum Gasteiger partial charge on any atom is -0.480 e. The minimum atomic E-state index is -4.00. The monoisotopic (exact) mass is 434 g/mol. The molecule has 1 aromatic rings. The molecule has 148 valence electrons. The Morgan fingerprint density at radius 3 is 2.26 bits per heavy atom. The third-order valence-corrected chi connectivity index (χ3v) is 7.50.